The lowest BCUT2D eigenvalue weighted by Gasteiger charge is -2.36. The molecule has 0 spiro atoms. The van der Waals surface area contributed by atoms with Crippen LogP contribution in [0.15, 0.2) is 30.3 Å². The molecule has 0 bridgehead atoms. The van der Waals surface area contributed by atoms with Crippen molar-refractivity contribution in [3.8, 4) is 0 Å². The van der Waals surface area contributed by atoms with Crippen molar-refractivity contribution < 1.29 is 9.59 Å². The maximum absolute atomic E-state index is 12.8. The smallest absolute Gasteiger partial charge is 0.238 e. The summed E-state index contributed by atoms with van der Waals surface area (Å²) in [4.78, 5) is 24.8. The lowest BCUT2D eigenvalue weighted by molar-refractivity contribution is -0.131. The van der Waals surface area contributed by atoms with Crippen molar-refractivity contribution in [2.45, 2.75) is 59.0 Å². The van der Waals surface area contributed by atoms with Crippen LogP contribution in [0.4, 0.5) is 0 Å². The standard InChI is InChI=1S/C19H30N2O2/c1-13(22)15(18(2,3)4)21-17(23)16(20-7)19(5,6)14-11-9-8-10-12-14/h8-12,15-16,20H,1-7H3,(H,21,23)/t15-,16-/m1/s1. The van der Waals surface area contributed by atoms with Gasteiger partial charge in [0.15, 0.2) is 5.78 Å². The van der Waals surface area contributed by atoms with Crippen LogP contribution >= 0.6 is 0 Å². The maximum Gasteiger partial charge on any atom is 0.238 e. The molecule has 0 aromatic heterocycles. The van der Waals surface area contributed by atoms with Crippen molar-refractivity contribution in [3.63, 3.8) is 0 Å². The van der Waals surface area contributed by atoms with Gasteiger partial charge in [-0.05, 0) is 24.9 Å². The highest BCUT2D eigenvalue weighted by Gasteiger charge is 2.38. The van der Waals surface area contributed by atoms with E-state index >= 15 is 0 Å². The first-order chi connectivity index (χ1) is 10.5. The van der Waals surface area contributed by atoms with Gasteiger partial charge in [-0.15, -0.1) is 0 Å². The van der Waals surface area contributed by atoms with E-state index in [1.54, 1.807) is 7.05 Å². The minimum atomic E-state index is -0.502. The molecule has 1 amide bonds. The predicted molar refractivity (Wildman–Crippen MR) is 94.4 cm³/mol. The van der Waals surface area contributed by atoms with Gasteiger partial charge in [0.05, 0.1) is 12.1 Å². The van der Waals surface area contributed by atoms with E-state index in [-0.39, 0.29) is 17.1 Å². The molecule has 0 heterocycles. The second kappa shape index (κ2) is 7.26. The first kappa shape index (κ1) is 19.4. The summed E-state index contributed by atoms with van der Waals surface area (Å²) in [6, 6.07) is 8.99. The van der Waals surface area contributed by atoms with Crippen molar-refractivity contribution in [1.82, 2.24) is 10.6 Å². The van der Waals surface area contributed by atoms with Crippen LogP contribution in [0.2, 0.25) is 0 Å². The molecular formula is C19H30N2O2. The second-order valence-corrected chi connectivity index (χ2v) is 7.73. The molecule has 128 valence electrons. The van der Waals surface area contributed by atoms with Gasteiger partial charge in [0.2, 0.25) is 5.91 Å². The number of ketones is 1. The maximum atomic E-state index is 12.8. The number of hydrogen-bond donors (Lipinski definition) is 2. The van der Waals surface area contributed by atoms with E-state index in [1.165, 1.54) is 6.92 Å². The molecule has 2 atom stereocenters. The summed E-state index contributed by atoms with van der Waals surface area (Å²) in [5, 5.41) is 6.05. The topological polar surface area (TPSA) is 58.2 Å². The summed E-state index contributed by atoms with van der Waals surface area (Å²) < 4.78 is 0. The summed E-state index contributed by atoms with van der Waals surface area (Å²) >= 11 is 0. The number of carbonyl (C=O) groups is 2. The van der Waals surface area contributed by atoms with E-state index in [9.17, 15) is 9.59 Å². The number of likely N-dealkylation sites (N-methyl/N-ethyl adjacent to an activating group) is 1. The summed E-state index contributed by atoms with van der Waals surface area (Å²) in [6.45, 7) is 11.4. The van der Waals surface area contributed by atoms with Gasteiger partial charge in [0.25, 0.3) is 0 Å². The normalized spacial score (nSPS) is 14.9. The van der Waals surface area contributed by atoms with Crippen LogP contribution in [0.5, 0.6) is 0 Å². The molecule has 1 rings (SSSR count). The largest absolute Gasteiger partial charge is 0.344 e. The molecule has 23 heavy (non-hydrogen) atoms. The van der Waals surface area contributed by atoms with Crippen LogP contribution in [0.3, 0.4) is 0 Å². The Hall–Kier alpha value is -1.68. The van der Waals surface area contributed by atoms with E-state index in [2.05, 4.69) is 10.6 Å². The SMILES string of the molecule is CN[C@H](C(=O)N[C@H](C(C)=O)C(C)(C)C)C(C)(C)c1ccccc1. The molecule has 0 aliphatic carbocycles. The van der Waals surface area contributed by atoms with Gasteiger partial charge in [-0.1, -0.05) is 65.0 Å². The molecule has 4 nitrogen and oxygen atoms in total. The van der Waals surface area contributed by atoms with Crippen molar-refractivity contribution in [1.29, 1.82) is 0 Å². The zero-order valence-corrected chi connectivity index (χ0v) is 15.4. The third-order valence-electron chi connectivity index (χ3n) is 4.35. The summed E-state index contributed by atoms with van der Waals surface area (Å²) in [5.41, 5.74) is 0.348. The molecule has 1 aromatic carbocycles. The van der Waals surface area contributed by atoms with Crippen LogP contribution in [0.1, 0.15) is 47.1 Å². The molecule has 0 aliphatic rings. The average Bonchev–Trinajstić information content (AvgIpc) is 2.44. The molecule has 0 saturated carbocycles. The van der Waals surface area contributed by atoms with Crippen molar-refractivity contribution in [2.75, 3.05) is 7.05 Å². The van der Waals surface area contributed by atoms with Gasteiger partial charge in [-0.3, -0.25) is 9.59 Å². The Bertz CT molecular complexity index is 544. The minimum absolute atomic E-state index is 0.0294. The highest BCUT2D eigenvalue weighted by atomic mass is 16.2. The van der Waals surface area contributed by atoms with Gasteiger partial charge in [-0.2, -0.15) is 0 Å². The van der Waals surface area contributed by atoms with Crippen LogP contribution < -0.4 is 10.6 Å². The number of benzene rings is 1. The van der Waals surface area contributed by atoms with E-state index in [1.807, 2.05) is 65.0 Å². The number of rotatable bonds is 6. The van der Waals surface area contributed by atoms with Gasteiger partial charge in [0.1, 0.15) is 0 Å². The first-order valence-corrected chi connectivity index (χ1v) is 8.05. The molecule has 1 aromatic rings. The predicted octanol–water partition coefficient (Wildman–Crippen LogP) is 2.67. The van der Waals surface area contributed by atoms with Crippen LogP contribution in [-0.2, 0) is 15.0 Å². The number of nitrogens with one attached hydrogen (secondary N) is 2. The van der Waals surface area contributed by atoms with Gasteiger partial charge < -0.3 is 10.6 Å². The Labute approximate surface area is 140 Å². The van der Waals surface area contributed by atoms with Crippen molar-refractivity contribution in [2.24, 2.45) is 5.41 Å². The Morgan fingerprint density at radius 1 is 0.957 bits per heavy atom. The monoisotopic (exact) mass is 318 g/mol. The first-order valence-electron chi connectivity index (χ1n) is 8.05. The average molecular weight is 318 g/mol. The van der Waals surface area contributed by atoms with E-state index in [0.29, 0.717) is 0 Å². The fourth-order valence-electron chi connectivity index (χ4n) is 3.01. The van der Waals surface area contributed by atoms with Crippen LogP contribution in [0, 0.1) is 5.41 Å². The zero-order valence-electron chi connectivity index (χ0n) is 15.4. The number of Topliss-reactive ketones (excluding diaryl/α,β-unsaturated/α-hetero) is 1. The van der Waals surface area contributed by atoms with E-state index in [4.69, 9.17) is 0 Å². The second-order valence-electron chi connectivity index (χ2n) is 7.73. The number of amides is 1. The minimum Gasteiger partial charge on any atom is -0.344 e. The summed E-state index contributed by atoms with van der Waals surface area (Å²) in [5.74, 6) is -0.185. The fourth-order valence-corrected chi connectivity index (χ4v) is 3.01. The Morgan fingerprint density at radius 3 is 1.87 bits per heavy atom. The fraction of sp³-hybridized carbons (Fsp3) is 0.579. The quantitative estimate of drug-likeness (QED) is 0.848. The molecule has 0 saturated heterocycles. The van der Waals surface area contributed by atoms with Gasteiger partial charge in [-0.25, -0.2) is 0 Å². The molecule has 0 aliphatic heterocycles. The molecule has 0 fully saturated rings. The lowest BCUT2D eigenvalue weighted by Crippen LogP contribution is -2.58. The molecular weight excluding hydrogens is 288 g/mol. The van der Waals surface area contributed by atoms with E-state index < -0.39 is 17.5 Å². The molecule has 2 N–H and O–H groups in total. The third-order valence-corrected chi connectivity index (χ3v) is 4.35. The Balaban J connectivity index is 3.05. The zero-order chi connectivity index (χ0) is 17.8. The van der Waals surface area contributed by atoms with Crippen LogP contribution in [0.25, 0.3) is 0 Å². The Morgan fingerprint density at radius 2 is 1.48 bits per heavy atom. The third kappa shape index (κ3) is 4.64. The highest BCUT2D eigenvalue weighted by molar-refractivity contribution is 5.91. The van der Waals surface area contributed by atoms with Crippen molar-refractivity contribution >= 4 is 11.7 Å². The lowest BCUT2D eigenvalue weighted by atomic mass is 9.76. The van der Waals surface area contributed by atoms with Crippen molar-refractivity contribution in [3.05, 3.63) is 35.9 Å². The van der Waals surface area contributed by atoms with Crippen LogP contribution in [-0.4, -0.2) is 30.8 Å². The van der Waals surface area contributed by atoms with Gasteiger partial charge in [0, 0.05) is 5.41 Å². The van der Waals surface area contributed by atoms with Gasteiger partial charge >= 0.3 is 0 Å². The Kier molecular flexibility index (Phi) is 6.11. The van der Waals surface area contributed by atoms with E-state index in [0.717, 1.165) is 5.56 Å². The molecule has 0 radical (unpaired) electrons. The number of carbonyl (C=O) groups excluding carboxylic acids is 2. The summed E-state index contributed by atoms with van der Waals surface area (Å²) in [7, 11) is 1.77. The highest BCUT2D eigenvalue weighted by Crippen LogP contribution is 2.28. The molecule has 4 heteroatoms. The summed E-state index contributed by atoms with van der Waals surface area (Å²) in [6.07, 6.45) is 0. The number of hydrogen-bond acceptors (Lipinski definition) is 3. The molecule has 0 unspecified atom stereocenters.